The maximum Gasteiger partial charge on any atom is 0.416 e. The SMILES string of the molecule is CC(C)(OC[C@H](N)c1nc2ccc([C@@H](COC3CC3)N3C[C@@H](C(F)(F)F)NC3=O)cc2[nH]1)C(F)(F)F. The smallest absolute Gasteiger partial charge is 0.376 e. The van der Waals surface area contributed by atoms with Gasteiger partial charge >= 0.3 is 18.4 Å². The van der Waals surface area contributed by atoms with Gasteiger partial charge in [-0.15, -0.1) is 0 Å². The number of benzene rings is 1. The molecule has 36 heavy (non-hydrogen) atoms. The van der Waals surface area contributed by atoms with Crippen LogP contribution in [-0.4, -0.2) is 70.8 Å². The van der Waals surface area contributed by atoms with Gasteiger partial charge in [-0.3, -0.25) is 0 Å². The van der Waals surface area contributed by atoms with Gasteiger partial charge in [-0.1, -0.05) is 6.07 Å². The molecule has 2 heterocycles. The topological polar surface area (TPSA) is 106 Å². The number of carbonyl (C=O) groups is 1. The molecule has 1 saturated carbocycles. The van der Waals surface area contributed by atoms with Crippen molar-refractivity contribution in [1.29, 1.82) is 0 Å². The number of imidazole rings is 1. The Morgan fingerprint density at radius 1 is 1.17 bits per heavy atom. The molecule has 14 heteroatoms. The van der Waals surface area contributed by atoms with Crippen LogP contribution in [0.15, 0.2) is 18.2 Å². The molecule has 2 fully saturated rings. The Bertz CT molecular complexity index is 1100. The van der Waals surface area contributed by atoms with Crippen LogP contribution in [0.2, 0.25) is 0 Å². The summed E-state index contributed by atoms with van der Waals surface area (Å²) in [6.07, 6.45) is -7.47. The molecule has 1 saturated heterocycles. The Labute approximate surface area is 202 Å². The van der Waals surface area contributed by atoms with Crippen LogP contribution in [0.25, 0.3) is 11.0 Å². The van der Waals surface area contributed by atoms with E-state index in [1.807, 2.05) is 5.32 Å². The van der Waals surface area contributed by atoms with Crippen LogP contribution in [0.1, 0.15) is 50.2 Å². The molecule has 8 nitrogen and oxygen atoms in total. The predicted molar refractivity (Wildman–Crippen MR) is 116 cm³/mol. The van der Waals surface area contributed by atoms with Gasteiger partial charge in [0.15, 0.2) is 5.60 Å². The highest BCUT2D eigenvalue weighted by Crippen LogP contribution is 2.35. The van der Waals surface area contributed by atoms with Crippen LogP contribution >= 0.6 is 0 Å². The Morgan fingerprint density at radius 2 is 1.86 bits per heavy atom. The Hall–Kier alpha value is -2.58. The van der Waals surface area contributed by atoms with Gasteiger partial charge in [0, 0.05) is 0 Å². The summed E-state index contributed by atoms with van der Waals surface area (Å²) in [5, 5.41) is 1.97. The largest absolute Gasteiger partial charge is 0.416 e. The number of H-pyrrole nitrogens is 1. The van der Waals surface area contributed by atoms with Crippen molar-refractivity contribution in [2.75, 3.05) is 19.8 Å². The molecule has 2 aliphatic rings. The zero-order chi connectivity index (χ0) is 26.5. The molecule has 0 unspecified atom stereocenters. The van der Waals surface area contributed by atoms with Gasteiger partial charge in [0.1, 0.15) is 11.9 Å². The first-order valence-electron chi connectivity index (χ1n) is 11.4. The normalized spacial score (nSPS) is 21.2. The highest BCUT2D eigenvalue weighted by atomic mass is 19.4. The van der Waals surface area contributed by atoms with Crippen LogP contribution in [0.3, 0.4) is 0 Å². The molecule has 0 radical (unpaired) electrons. The highest BCUT2D eigenvalue weighted by molar-refractivity contribution is 5.79. The lowest BCUT2D eigenvalue weighted by Crippen LogP contribution is -2.43. The third-order valence-electron chi connectivity index (χ3n) is 6.29. The van der Waals surface area contributed by atoms with E-state index in [9.17, 15) is 31.1 Å². The summed E-state index contributed by atoms with van der Waals surface area (Å²) in [4.78, 5) is 20.8. The molecule has 1 aromatic carbocycles. The summed E-state index contributed by atoms with van der Waals surface area (Å²) in [5.74, 6) is 0.182. The van der Waals surface area contributed by atoms with Gasteiger partial charge in [0.2, 0.25) is 0 Å². The number of nitrogens with one attached hydrogen (secondary N) is 2. The van der Waals surface area contributed by atoms with Crippen LogP contribution in [-0.2, 0) is 9.47 Å². The molecule has 1 aromatic heterocycles. The number of urea groups is 1. The van der Waals surface area contributed by atoms with Gasteiger partial charge < -0.3 is 30.4 Å². The zero-order valence-electron chi connectivity index (χ0n) is 19.5. The number of fused-ring (bicyclic) bond motifs is 1. The van der Waals surface area contributed by atoms with E-state index in [2.05, 4.69) is 9.97 Å². The molecule has 4 N–H and O–H groups in total. The standard InChI is InChI=1S/C22H27F6N5O3/c1-20(2,22(26,27)28)36-9-13(29)18-30-14-6-3-11(7-15(14)31-18)16(10-35-12-4-5-12)33-8-17(21(23,24)25)32-19(33)34/h3,6-7,12-13,16-17H,4-5,8-10,29H2,1-2H3,(H,30,31)(H,32,34)/t13-,16+,17-/m0/s1. The van der Waals surface area contributed by atoms with Crippen molar-refractivity contribution in [3.8, 4) is 0 Å². The lowest BCUT2D eigenvalue weighted by molar-refractivity contribution is -0.264. The first-order chi connectivity index (χ1) is 16.7. The zero-order valence-corrected chi connectivity index (χ0v) is 19.5. The van der Waals surface area contributed by atoms with Crippen molar-refractivity contribution in [3.05, 3.63) is 29.6 Å². The number of hydrogen-bond donors (Lipinski definition) is 3. The first kappa shape index (κ1) is 26.5. The molecule has 200 valence electrons. The third-order valence-corrected chi connectivity index (χ3v) is 6.29. The molecule has 1 aliphatic carbocycles. The quantitative estimate of drug-likeness (QED) is 0.430. The molecule has 3 atom stereocenters. The second kappa shape index (κ2) is 9.38. The summed E-state index contributed by atoms with van der Waals surface area (Å²) in [6.45, 7) is 0.780. The van der Waals surface area contributed by atoms with Gasteiger partial charge in [-0.2, -0.15) is 26.3 Å². The molecule has 1 aliphatic heterocycles. The molecule has 2 aromatic rings. The molecule has 0 spiro atoms. The monoisotopic (exact) mass is 523 g/mol. The van der Waals surface area contributed by atoms with E-state index in [0.717, 1.165) is 31.6 Å². The molecule has 0 bridgehead atoms. The van der Waals surface area contributed by atoms with Crippen molar-refractivity contribution in [2.45, 2.75) is 68.9 Å². The molecular formula is C22H27F6N5O3. The highest BCUT2D eigenvalue weighted by Gasteiger charge is 2.49. The van der Waals surface area contributed by atoms with Crippen LogP contribution < -0.4 is 11.1 Å². The van der Waals surface area contributed by atoms with Gasteiger partial charge in [0.25, 0.3) is 0 Å². The van der Waals surface area contributed by atoms with E-state index in [1.54, 1.807) is 18.2 Å². The second-order valence-corrected chi connectivity index (χ2v) is 9.57. The molecule has 2 amide bonds. The summed E-state index contributed by atoms with van der Waals surface area (Å²) in [5.41, 5.74) is 5.01. The minimum atomic E-state index is -4.59. The number of carbonyl (C=O) groups excluding carboxylic acids is 1. The first-order valence-corrected chi connectivity index (χ1v) is 11.4. The average molecular weight is 523 g/mol. The van der Waals surface area contributed by atoms with Crippen molar-refractivity contribution in [1.82, 2.24) is 20.2 Å². The number of rotatable bonds is 9. The second-order valence-electron chi connectivity index (χ2n) is 9.57. The van der Waals surface area contributed by atoms with E-state index < -0.39 is 55.3 Å². The molecular weight excluding hydrogens is 496 g/mol. The van der Waals surface area contributed by atoms with Crippen molar-refractivity contribution in [2.24, 2.45) is 5.73 Å². The van der Waals surface area contributed by atoms with Gasteiger partial charge in [-0.05, 0) is 44.4 Å². The van der Waals surface area contributed by atoms with Gasteiger partial charge in [-0.25, -0.2) is 9.78 Å². The van der Waals surface area contributed by atoms with E-state index in [0.29, 0.717) is 16.6 Å². The fraction of sp³-hybridized carbons (Fsp3) is 0.636. The number of nitrogens with zero attached hydrogens (tertiary/aromatic N) is 2. The number of amides is 2. The lowest BCUT2D eigenvalue weighted by Gasteiger charge is -2.28. The van der Waals surface area contributed by atoms with Crippen molar-refractivity contribution < 1.29 is 40.6 Å². The number of alkyl halides is 6. The summed E-state index contributed by atoms with van der Waals surface area (Å²) >= 11 is 0. The minimum Gasteiger partial charge on any atom is -0.376 e. The summed E-state index contributed by atoms with van der Waals surface area (Å²) < 4.78 is 89.5. The predicted octanol–water partition coefficient (Wildman–Crippen LogP) is 4.10. The Balaban J connectivity index is 1.54. The fourth-order valence-corrected chi connectivity index (χ4v) is 3.73. The van der Waals surface area contributed by atoms with Gasteiger partial charge in [0.05, 0.1) is 49.0 Å². The van der Waals surface area contributed by atoms with Crippen LogP contribution in [0.4, 0.5) is 31.1 Å². The number of halogens is 6. The van der Waals surface area contributed by atoms with Crippen LogP contribution in [0, 0.1) is 0 Å². The summed E-state index contributed by atoms with van der Waals surface area (Å²) in [7, 11) is 0. The minimum absolute atomic E-state index is 0.00897. The van der Waals surface area contributed by atoms with Crippen molar-refractivity contribution in [3.63, 3.8) is 0 Å². The van der Waals surface area contributed by atoms with Crippen molar-refractivity contribution >= 4 is 17.1 Å². The van der Waals surface area contributed by atoms with E-state index in [-0.39, 0.29) is 18.5 Å². The summed E-state index contributed by atoms with van der Waals surface area (Å²) in [6, 6.07) is 0.211. The average Bonchev–Trinajstić information content (AvgIpc) is 3.36. The fourth-order valence-electron chi connectivity index (χ4n) is 3.73. The number of nitrogens with two attached hydrogens (primary N) is 1. The van der Waals surface area contributed by atoms with E-state index in [1.165, 1.54) is 0 Å². The number of hydrogen-bond acceptors (Lipinski definition) is 5. The van der Waals surface area contributed by atoms with Crippen LogP contribution in [0.5, 0.6) is 0 Å². The Morgan fingerprint density at radius 3 is 2.44 bits per heavy atom. The Kier molecular flexibility index (Phi) is 6.90. The maximum atomic E-state index is 13.2. The maximum absolute atomic E-state index is 13.2. The number of ether oxygens (including phenoxy) is 2. The van der Waals surface area contributed by atoms with E-state index >= 15 is 0 Å². The number of aromatic amines is 1. The van der Waals surface area contributed by atoms with E-state index in [4.69, 9.17) is 15.2 Å². The third kappa shape index (κ3) is 5.70. The molecule has 4 rings (SSSR count). The number of aromatic nitrogens is 2. The lowest BCUT2D eigenvalue weighted by atomic mass is 10.1.